The molecule has 0 aromatic carbocycles. The van der Waals surface area contributed by atoms with E-state index in [4.69, 9.17) is 4.52 Å². The van der Waals surface area contributed by atoms with E-state index in [2.05, 4.69) is 34.4 Å². The topological polar surface area (TPSA) is 68.8 Å². The van der Waals surface area contributed by atoms with E-state index < -0.39 is 0 Å². The first-order valence-corrected chi connectivity index (χ1v) is 8.16. The van der Waals surface area contributed by atoms with Crippen LogP contribution in [0.25, 0.3) is 10.7 Å². The van der Waals surface area contributed by atoms with Crippen molar-refractivity contribution in [3.63, 3.8) is 0 Å². The van der Waals surface area contributed by atoms with Gasteiger partial charge in [-0.2, -0.15) is 10.1 Å². The lowest BCUT2D eigenvalue weighted by Gasteiger charge is -2.24. The SMILES string of the molecule is C[C@H](N[C@@H](C)[C@H](C)n1cccn1)c1nc(-c2cccs2)no1. The standard InChI is InChI=1S/C15H19N5OS/c1-10(12(3)20-8-5-7-16-20)17-11(2)15-18-14(19-21-15)13-6-4-9-22-13/h4-12,17H,1-3H3/t10-,11-,12-/m0/s1. The monoisotopic (exact) mass is 317 g/mol. The highest BCUT2D eigenvalue weighted by Gasteiger charge is 2.21. The Morgan fingerprint density at radius 3 is 2.82 bits per heavy atom. The van der Waals surface area contributed by atoms with Crippen molar-refractivity contribution in [2.24, 2.45) is 0 Å². The third kappa shape index (κ3) is 3.10. The minimum atomic E-state index is -0.0192. The van der Waals surface area contributed by atoms with Crippen LogP contribution >= 0.6 is 11.3 Å². The van der Waals surface area contributed by atoms with Gasteiger partial charge < -0.3 is 9.84 Å². The summed E-state index contributed by atoms with van der Waals surface area (Å²) in [5, 5.41) is 13.8. The molecule has 3 heterocycles. The molecule has 0 aliphatic carbocycles. The molecular weight excluding hydrogens is 298 g/mol. The van der Waals surface area contributed by atoms with Gasteiger partial charge in [0.05, 0.1) is 17.0 Å². The molecule has 0 unspecified atom stereocenters. The van der Waals surface area contributed by atoms with Crippen LogP contribution in [-0.4, -0.2) is 26.0 Å². The van der Waals surface area contributed by atoms with Crippen LogP contribution in [0.3, 0.4) is 0 Å². The van der Waals surface area contributed by atoms with E-state index in [0.717, 1.165) is 4.88 Å². The molecule has 116 valence electrons. The molecule has 3 rings (SSSR count). The fourth-order valence-corrected chi connectivity index (χ4v) is 2.92. The number of nitrogens with zero attached hydrogens (tertiary/aromatic N) is 4. The highest BCUT2D eigenvalue weighted by Crippen LogP contribution is 2.23. The third-order valence-corrected chi connectivity index (χ3v) is 4.60. The molecule has 0 saturated carbocycles. The Morgan fingerprint density at radius 1 is 1.27 bits per heavy atom. The van der Waals surface area contributed by atoms with Crippen LogP contribution in [-0.2, 0) is 0 Å². The Balaban J connectivity index is 1.65. The van der Waals surface area contributed by atoms with E-state index in [1.165, 1.54) is 0 Å². The lowest BCUT2D eigenvalue weighted by Crippen LogP contribution is -2.35. The van der Waals surface area contributed by atoms with Crippen molar-refractivity contribution in [3.05, 3.63) is 41.9 Å². The largest absolute Gasteiger partial charge is 0.337 e. The van der Waals surface area contributed by atoms with E-state index in [-0.39, 0.29) is 18.1 Å². The van der Waals surface area contributed by atoms with Gasteiger partial charge in [0, 0.05) is 18.4 Å². The summed E-state index contributed by atoms with van der Waals surface area (Å²) in [5.41, 5.74) is 0. The van der Waals surface area contributed by atoms with Gasteiger partial charge in [-0.1, -0.05) is 11.2 Å². The zero-order chi connectivity index (χ0) is 15.5. The summed E-state index contributed by atoms with van der Waals surface area (Å²) in [6.45, 7) is 6.28. The molecule has 0 aliphatic rings. The van der Waals surface area contributed by atoms with E-state index in [9.17, 15) is 0 Å². The van der Waals surface area contributed by atoms with Crippen molar-refractivity contribution < 1.29 is 4.52 Å². The van der Waals surface area contributed by atoms with E-state index in [1.54, 1.807) is 17.5 Å². The number of nitrogens with one attached hydrogen (secondary N) is 1. The van der Waals surface area contributed by atoms with Crippen molar-refractivity contribution in [2.45, 2.75) is 38.9 Å². The second-order valence-corrected chi connectivity index (χ2v) is 6.28. The van der Waals surface area contributed by atoms with Crippen molar-refractivity contribution in [1.82, 2.24) is 25.2 Å². The Labute approximate surface area is 133 Å². The minimum Gasteiger partial charge on any atom is -0.337 e. The van der Waals surface area contributed by atoms with Crippen LogP contribution in [0.4, 0.5) is 0 Å². The molecule has 0 bridgehead atoms. The van der Waals surface area contributed by atoms with Crippen molar-refractivity contribution >= 4 is 11.3 Å². The first-order valence-electron chi connectivity index (χ1n) is 7.28. The summed E-state index contributed by atoms with van der Waals surface area (Å²) < 4.78 is 7.32. The third-order valence-electron chi connectivity index (χ3n) is 3.73. The maximum Gasteiger partial charge on any atom is 0.243 e. The maximum absolute atomic E-state index is 5.38. The first kappa shape index (κ1) is 14.9. The molecule has 3 aromatic heterocycles. The predicted octanol–water partition coefficient (Wildman–Crippen LogP) is 3.29. The Morgan fingerprint density at radius 2 is 2.14 bits per heavy atom. The number of hydrogen-bond acceptors (Lipinski definition) is 6. The fraction of sp³-hybridized carbons (Fsp3) is 0.400. The molecule has 3 atom stereocenters. The zero-order valence-corrected chi connectivity index (χ0v) is 13.6. The van der Waals surface area contributed by atoms with Gasteiger partial charge in [-0.25, -0.2) is 0 Å². The fourth-order valence-electron chi connectivity index (χ4n) is 2.27. The zero-order valence-electron chi connectivity index (χ0n) is 12.8. The van der Waals surface area contributed by atoms with E-state index in [0.29, 0.717) is 11.7 Å². The Kier molecular flexibility index (Phi) is 4.35. The summed E-state index contributed by atoms with van der Waals surface area (Å²) >= 11 is 1.60. The number of thiophene rings is 1. The summed E-state index contributed by atoms with van der Waals surface area (Å²) in [4.78, 5) is 5.49. The lowest BCUT2D eigenvalue weighted by molar-refractivity contribution is 0.292. The minimum absolute atomic E-state index is 0.0192. The van der Waals surface area contributed by atoms with E-state index in [1.807, 2.05) is 41.4 Å². The van der Waals surface area contributed by atoms with Crippen molar-refractivity contribution in [2.75, 3.05) is 0 Å². The molecule has 7 heteroatoms. The summed E-state index contributed by atoms with van der Waals surface area (Å²) in [6.07, 6.45) is 3.76. The molecule has 0 spiro atoms. The van der Waals surface area contributed by atoms with Gasteiger partial charge in [-0.15, -0.1) is 11.3 Å². The molecule has 0 radical (unpaired) electrons. The van der Waals surface area contributed by atoms with Gasteiger partial charge in [0.1, 0.15) is 0 Å². The normalized spacial score (nSPS) is 15.6. The van der Waals surface area contributed by atoms with Gasteiger partial charge in [0.15, 0.2) is 0 Å². The summed E-state index contributed by atoms with van der Waals surface area (Å²) in [7, 11) is 0. The van der Waals surface area contributed by atoms with Gasteiger partial charge >= 0.3 is 0 Å². The van der Waals surface area contributed by atoms with Gasteiger partial charge in [0.2, 0.25) is 11.7 Å². The van der Waals surface area contributed by atoms with Gasteiger partial charge in [-0.05, 0) is 38.3 Å². The highest BCUT2D eigenvalue weighted by molar-refractivity contribution is 7.13. The Hall–Kier alpha value is -1.99. The van der Waals surface area contributed by atoms with Crippen LogP contribution in [0, 0.1) is 0 Å². The first-order chi connectivity index (χ1) is 10.6. The van der Waals surface area contributed by atoms with Gasteiger partial charge in [0.25, 0.3) is 0 Å². The molecule has 6 nitrogen and oxygen atoms in total. The number of rotatable bonds is 6. The molecule has 1 N–H and O–H groups in total. The molecule has 22 heavy (non-hydrogen) atoms. The molecule has 0 saturated heterocycles. The van der Waals surface area contributed by atoms with Crippen molar-refractivity contribution in [1.29, 1.82) is 0 Å². The second-order valence-electron chi connectivity index (χ2n) is 5.34. The molecular formula is C15H19N5OS. The van der Waals surface area contributed by atoms with Crippen LogP contribution in [0.15, 0.2) is 40.5 Å². The van der Waals surface area contributed by atoms with E-state index >= 15 is 0 Å². The Bertz CT molecular complexity index is 691. The molecule has 0 aliphatic heterocycles. The highest BCUT2D eigenvalue weighted by atomic mass is 32.1. The molecule has 3 aromatic rings. The van der Waals surface area contributed by atoms with Crippen LogP contribution < -0.4 is 5.32 Å². The number of aromatic nitrogens is 4. The summed E-state index contributed by atoms with van der Waals surface area (Å²) in [6, 6.07) is 6.32. The second kappa shape index (κ2) is 6.41. The van der Waals surface area contributed by atoms with Crippen LogP contribution in [0.5, 0.6) is 0 Å². The quantitative estimate of drug-likeness (QED) is 0.755. The average Bonchev–Trinajstić information content (AvgIpc) is 3.26. The van der Waals surface area contributed by atoms with Crippen molar-refractivity contribution in [3.8, 4) is 10.7 Å². The van der Waals surface area contributed by atoms with Gasteiger partial charge in [-0.3, -0.25) is 4.68 Å². The molecule has 0 fully saturated rings. The average molecular weight is 317 g/mol. The summed E-state index contributed by atoms with van der Waals surface area (Å²) in [5.74, 6) is 1.24. The van der Waals surface area contributed by atoms with Crippen LogP contribution in [0.2, 0.25) is 0 Å². The maximum atomic E-state index is 5.38. The number of hydrogen-bond donors (Lipinski definition) is 1. The lowest BCUT2D eigenvalue weighted by atomic mass is 10.1. The van der Waals surface area contributed by atoms with Crippen LogP contribution in [0.1, 0.15) is 38.7 Å². The smallest absolute Gasteiger partial charge is 0.243 e. The predicted molar refractivity (Wildman–Crippen MR) is 85.6 cm³/mol. The molecule has 0 amide bonds.